The molecule has 5 heteroatoms. The number of hydrogen-bond donors (Lipinski definition) is 1. The van der Waals surface area contributed by atoms with Crippen molar-refractivity contribution in [2.75, 3.05) is 20.7 Å². The van der Waals surface area contributed by atoms with Crippen LogP contribution in [-0.4, -0.2) is 44.9 Å². The minimum Gasteiger partial charge on any atom is -1.00 e. The van der Waals surface area contributed by atoms with Gasteiger partial charge in [-0.05, 0) is 44.9 Å². The number of likely N-dealkylation sites (N-methyl/N-ethyl adjacent to an activating group) is 1. The first kappa shape index (κ1) is 20.2. The van der Waals surface area contributed by atoms with Gasteiger partial charge in [0, 0.05) is 7.11 Å². The van der Waals surface area contributed by atoms with Crippen LogP contribution in [0.15, 0.2) is 0 Å². The summed E-state index contributed by atoms with van der Waals surface area (Å²) in [7, 11) is 3.87. The van der Waals surface area contributed by atoms with Crippen LogP contribution in [0.3, 0.4) is 0 Å². The van der Waals surface area contributed by atoms with Crippen molar-refractivity contribution in [1.29, 1.82) is 0 Å². The van der Waals surface area contributed by atoms with Crippen LogP contribution >= 0.6 is 0 Å². The molecular formula is C17H32INO3. The molecular weight excluding hydrogens is 393 g/mol. The van der Waals surface area contributed by atoms with E-state index in [0.29, 0.717) is 12.6 Å². The Balaban J connectivity index is 0.00000242. The van der Waals surface area contributed by atoms with Gasteiger partial charge in [0.2, 0.25) is 0 Å². The number of halogens is 1. The van der Waals surface area contributed by atoms with Crippen molar-refractivity contribution in [3.05, 3.63) is 0 Å². The maximum atomic E-state index is 12.2. The van der Waals surface area contributed by atoms with E-state index in [2.05, 4.69) is 7.05 Å². The van der Waals surface area contributed by atoms with Gasteiger partial charge in [0.15, 0.2) is 6.54 Å². The molecule has 0 bridgehead atoms. The Morgan fingerprint density at radius 2 is 1.50 bits per heavy atom. The summed E-state index contributed by atoms with van der Waals surface area (Å²) in [6.45, 7) is 0.498. The summed E-state index contributed by atoms with van der Waals surface area (Å²) in [5.41, 5.74) is 0. The molecule has 2 aliphatic carbocycles. The van der Waals surface area contributed by atoms with Gasteiger partial charge in [0.05, 0.1) is 19.2 Å². The second-order valence-corrected chi connectivity index (χ2v) is 6.80. The topological polar surface area (TPSA) is 40.0 Å². The lowest BCUT2D eigenvalue weighted by Gasteiger charge is -2.30. The summed E-state index contributed by atoms with van der Waals surface area (Å²) < 4.78 is 11.2. The summed E-state index contributed by atoms with van der Waals surface area (Å²) in [5.74, 6) is -0.0503. The molecule has 0 amide bonds. The third-order valence-corrected chi connectivity index (χ3v) is 5.20. The fraction of sp³-hybridized carbons (Fsp3) is 0.941. The fourth-order valence-electron chi connectivity index (χ4n) is 3.82. The molecule has 130 valence electrons. The van der Waals surface area contributed by atoms with Crippen molar-refractivity contribution in [2.45, 2.75) is 82.5 Å². The van der Waals surface area contributed by atoms with Crippen molar-refractivity contribution in [1.82, 2.24) is 0 Å². The molecule has 1 N–H and O–H groups in total. The first-order valence-corrected chi connectivity index (χ1v) is 8.75. The molecule has 0 spiro atoms. The summed E-state index contributed by atoms with van der Waals surface area (Å²) in [6.07, 6.45) is 12.2. The second kappa shape index (κ2) is 10.8. The Morgan fingerprint density at radius 1 is 0.955 bits per heavy atom. The normalized spacial score (nSPS) is 28.3. The largest absolute Gasteiger partial charge is 1.00 e. The number of nitrogens with one attached hydrogen (secondary N) is 1. The summed E-state index contributed by atoms with van der Waals surface area (Å²) >= 11 is 0. The highest BCUT2D eigenvalue weighted by Crippen LogP contribution is 2.23. The number of hydrogen-bond acceptors (Lipinski definition) is 3. The zero-order chi connectivity index (χ0) is 15.1. The molecule has 0 aromatic carbocycles. The van der Waals surface area contributed by atoms with Crippen LogP contribution in [0.25, 0.3) is 0 Å². The Morgan fingerprint density at radius 3 is 2.09 bits per heavy atom. The number of methoxy groups -OCH3 is 1. The average molecular weight is 425 g/mol. The van der Waals surface area contributed by atoms with Gasteiger partial charge >= 0.3 is 5.97 Å². The number of carbonyl (C=O) groups is 1. The van der Waals surface area contributed by atoms with E-state index in [-0.39, 0.29) is 42.2 Å². The molecule has 4 nitrogen and oxygen atoms in total. The molecule has 3 atom stereocenters. The fourth-order valence-corrected chi connectivity index (χ4v) is 3.82. The SMILES string of the molecule is COC1CCCCC1OC(=O)C[NH+](C)C1CCCCCC1.[I-]. The van der Waals surface area contributed by atoms with Crippen LogP contribution in [0, 0.1) is 0 Å². The van der Waals surface area contributed by atoms with Crippen LogP contribution in [0.1, 0.15) is 64.2 Å². The molecule has 2 aliphatic rings. The molecule has 0 saturated heterocycles. The highest BCUT2D eigenvalue weighted by molar-refractivity contribution is 5.70. The first-order valence-electron chi connectivity index (χ1n) is 8.75. The lowest BCUT2D eigenvalue weighted by molar-refractivity contribution is -0.899. The van der Waals surface area contributed by atoms with E-state index in [4.69, 9.17) is 9.47 Å². The number of quaternary nitrogens is 1. The number of esters is 1. The number of rotatable bonds is 5. The van der Waals surface area contributed by atoms with Crippen LogP contribution < -0.4 is 28.9 Å². The van der Waals surface area contributed by atoms with Crippen LogP contribution in [0.4, 0.5) is 0 Å². The van der Waals surface area contributed by atoms with Crippen molar-refractivity contribution < 1.29 is 43.1 Å². The van der Waals surface area contributed by atoms with Gasteiger partial charge in [-0.3, -0.25) is 0 Å². The first-order chi connectivity index (χ1) is 10.2. The zero-order valence-electron chi connectivity index (χ0n) is 14.1. The molecule has 0 aliphatic heterocycles. The molecule has 0 aromatic heterocycles. The lowest BCUT2D eigenvalue weighted by atomic mass is 9.94. The van der Waals surface area contributed by atoms with Crippen LogP contribution in [0.5, 0.6) is 0 Å². The Kier molecular flexibility index (Phi) is 9.91. The summed E-state index contributed by atoms with van der Waals surface area (Å²) in [5, 5.41) is 0. The number of carbonyl (C=O) groups excluding carboxylic acids is 1. The van der Waals surface area contributed by atoms with Gasteiger partial charge in [-0.1, -0.05) is 19.3 Å². The molecule has 22 heavy (non-hydrogen) atoms. The van der Waals surface area contributed by atoms with Gasteiger partial charge in [-0.25, -0.2) is 4.79 Å². The van der Waals surface area contributed by atoms with Crippen molar-refractivity contribution in [3.8, 4) is 0 Å². The highest BCUT2D eigenvalue weighted by Gasteiger charge is 2.30. The molecule has 0 heterocycles. The lowest BCUT2D eigenvalue weighted by Crippen LogP contribution is -3.13. The maximum Gasteiger partial charge on any atom is 0.362 e. The third-order valence-electron chi connectivity index (χ3n) is 5.20. The zero-order valence-corrected chi connectivity index (χ0v) is 16.3. The number of ether oxygens (including phenoxy) is 2. The predicted octanol–water partition coefficient (Wildman–Crippen LogP) is -1.27. The van der Waals surface area contributed by atoms with Crippen molar-refractivity contribution in [2.24, 2.45) is 0 Å². The van der Waals surface area contributed by atoms with Crippen LogP contribution in [-0.2, 0) is 14.3 Å². The smallest absolute Gasteiger partial charge is 0.362 e. The van der Waals surface area contributed by atoms with Gasteiger partial charge in [0.1, 0.15) is 6.10 Å². The molecule has 2 saturated carbocycles. The summed E-state index contributed by atoms with van der Waals surface area (Å²) in [4.78, 5) is 13.5. The van der Waals surface area contributed by atoms with Gasteiger partial charge in [-0.2, -0.15) is 0 Å². The molecule has 0 aromatic rings. The monoisotopic (exact) mass is 425 g/mol. The molecule has 2 rings (SSSR count). The van der Waals surface area contributed by atoms with Gasteiger partial charge < -0.3 is 38.4 Å². The van der Waals surface area contributed by atoms with E-state index in [9.17, 15) is 4.79 Å². The van der Waals surface area contributed by atoms with Gasteiger partial charge in [0.25, 0.3) is 0 Å². The van der Waals surface area contributed by atoms with E-state index < -0.39 is 0 Å². The van der Waals surface area contributed by atoms with Crippen LogP contribution in [0.2, 0.25) is 0 Å². The van der Waals surface area contributed by atoms with E-state index >= 15 is 0 Å². The Bertz CT molecular complexity index is 319. The molecule has 0 radical (unpaired) electrons. The highest BCUT2D eigenvalue weighted by atomic mass is 127. The van der Waals surface area contributed by atoms with Crippen molar-refractivity contribution >= 4 is 5.97 Å². The van der Waals surface area contributed by atoms with Gasteiger partial charge in [-0.15, -0.1) is 0 Å². The standard InChI is InChI=1S/C17H31NO3.HI/c1-18(14-9-5-3-4-6-10-14)13-17(19)21-16-12-8-7-11-15(16)20-2;/h14-16H,3-13H2,1-2H3;1H. The molecule has 3 unspecified atom stereocenters. The average Bonchev–Trinajstić information content (AvgIpc) is 2.76. The second-order valence-electron chi connectivity index (χ2n) is 6.80. The Labute approximate surface area is 152 Å². The quantitative estimate of drug-likeness (QED) is 0.339. The van der Waals surface area contributed by atoms with E-state index in [1.165, 1.54) is 49.8 Å². The third kappa shape index (κ3) is 6.32. The van der Waals surface area contributed by atoms with E-state index in [1.54, 1.807) is 7.11 Å². The summed E-state index contributed by atoms with van der Waals surface area (Å²) in [6, 6.07) is 0.629. The van der Waals surface area contributed by atoms with E-state index in [0.717, 1.165) is 19.3 Å². The van der Waals surface area contributed by atoms with E-state index in [1.807, 2.05) is 0 Å². The predicted molar refractivity (Wildman–Crippen MR) is 82.4 cm³/mol. The molecule has 2 fully saturated rings. The van der Waals surface area contributed by atoms with Crippen molar-refractivity contribution in [3.63, 3.8) is 0 Å². The maximum absolute atomic E-state index is 12.2. The minimum absolute atomic E-state index is 0. The minimum atomic E-state index is -0.0503. The Hall–Kier alpha value is 0.120.